The molecule has 32 heavy (non-hydrogen) atoms. The predicted molar refractivity (Wildman–Crippen MR) is 116 cm³/mol. The summed E-state index contributed by atoms with van der Waals surface area (Å²) in [6.07, 6.45) is -2.61. The van der Waals surface area contributed by atoms with Gasteiger partial charge in [-0.2, -0.15) is 4.99 Å². The molecular weight excluding hydrogens is 466 g/mol. The molecule has 1 rings (SSSR count). The SMILES string of the molecule is C=C(C)[C@H](NC(=O)[C@H](CSSC1OC(CO)C(O)C(O)C1NC(C)=O)N=C=O)C(=O)OC. The molecule has 0 bridgehead atoms. The zero-order valence-corrected chi connectivity index (χ0v) is 19.4. The van der Waals surface area contributed by atoms with Crippen molar-refractivity contribution in [3.05, 3.63) is 12.2 Å². The summed E-state index contributed by atoms with van der Waals surface area (Å²) in [5.74, 6) is -2.02. The number of aliphatic hydroxyl groups is 3. The third-order valence-electron chi connectivity index (χ3n) is 4.37. The summed E-state index contributed by atoms with van der Waals surface area (Å²) < 4.78 is 10.2. The average molecular weight is 494 g/mol. The Bertz CT molecular complexity index is 747. The van der Waals surface area contributed by atoms with Gasteiger partial charge in [-0.3, -0.25) is 9.59 Å². The molecule has 12 nitrogen and oxygen atoms in total. The molecule has 1 fully saturated rings. The topological polar surface area (TPSA) is 184 Å². The Hall–Kier alpha value is -1.93. The number of ether oxygens (including phenoxy) is 2. The number of hydrogen-bond donors (Lipinski definition) is 5. The minimum Gasteiger partial charge on any atom is -0.467 e. The molecule has 0 aromatic rings. The molecule has 0 radical (unpaired) electrons. The van der Waals surface area contributed by atoms with Crippen molar-refractivity contribution in [2.75, 3.05) is 19.5 Å². The highest BCUT2D eigenvalue weighted by atomic mass is 33.1. The maximum absolute atomic E-state index is 12.5. The fourth-order valence-corrected chi connectivity index (χ4v) is 5.32. The number of nitrogens with zero attached hydrogens (tertiary/aromatic N) is 1. The van der Waals surface area contributed by atoms with Gasteiger partial charge in [-0.1, -0.05) is 28.2 Å². The van der Waals surface area contributed by atoms with Gasteiger partial charge in [-0.25, -0.2) is 9.59 Å². The minimum atomic E-state index is -1.42. The molecule has 14 heteroatoms. The fraction of sp³-hybridized carbons (Fsp3) is 0.667. The number of aliphatic imine (C=N–C) groups is 1. The highest BCUT2D eigenvalue weighted by Crippen LogP contribution is 2.36. The normalized spacial score (nSPS) is 26.8. The largest absolute Gasteiger partial charge is 0.467 e. The number of carbonyl (C=O) groups is 3. The zero-order valence-electron chi connectivity index (χ0n) is 17.7. The highest BCUT2D eigenvalue weighted by Gasteiger charge is 2.45. The molecular formula is C18H27N3O9S2. The van der Waals surface area contributed by atoms with Gasteiger partial charge in [0.05, 0.1) is 19.8 Å². The first-order valence-electron chi connectivity index (χ1n) is 9.35. The van der Waals surface area contributed by atoms with Crippen LogP contribution >= 0.6 is 21.6 Å². The van der Waals surface area contributed by atoms with E-state index in [4.69, 9.17) is 4.74 Å². The lowest BCUT2D eigenvalue weighted by Crippen LogP contribution is -2.62. The molecule has 2 amide bonds. The number of isocyanates is 1. The van der Waals surface area contributed by atoms with Crippen LogP contribution in [-0.4, -0.2) is 101 Å². The summed E-state index contributed by atoms with van der Waals surface area (Å²) in [5, 5.41) is 34.6. The molecule has 0 aromatic carbocycles. The summed E-state index contributed by atoms with van der Waals surface area (Å²) in [6, 6.07) is -3.34. The molecule has 7 atom stereocenters. The Morgan fingerprint density at radius 2 is 1.94 bits per heavy atom. The molecule has 1 saturated heterocycles. The van der Waals surface area contributed by atoms with E-state index in [9.17, 15) is 34.5 Å². The number of aliphatic hydroxyl groups excluding tert-OH is 3. The fourth-order valence-electron chi connectivity index (χ4n) is 2.70. The summed E-state index contributed by atoms with van der Waals surface area (Å²) in [7, 11) is 3.18. The second-order valence-corrected chi connectivity index (χ2v) is 9.37. The maximum atomic E-state index is 12.5. The second-order valence-electron chi connectivity index (χ2n) is 6.86. The van der Waals surface area contributed by atoms with Crippen molar-refractivity contribution in [1.29, 1.82) is 0 Å². The van der Waals surface area contributed by atoms with Crippen LogP contribution in [0.2, 0.25) is 0 Å². The number of hydrogen-bond acceptors (Lipinski definition) is 12. The zero-order chi connectivity index (χ0) is 24.4. The van der Waals surface area contributed by atoms with Crippen LogP contribution in [0.4, 0.5) is 0 Å². The van der Waals surface area contributed by atoms with Crippen molar-refractivity contribution >= 4 is 45.5 Å². The number of amides is 2. The van der Waals surface area contributed by atoms with Gasteiger partial charge < -0.3 is 35.4 Å². The van der Waals surface area contributed by atoms with Crippen LogP contribution in [0.1, 0.15) is 13.8 Å². The van der Waals surface area contributed by atoms with Crippen molar-refractivity contribution in [3.8, 4) is 0 Å². The Kier molecular flexibility index (Phi) is 11.9. The van der Waals surface area contributed by atoms with Gasteiger partial charge in [0.1, 0.15) is 29.8 Å². The molecule has 1 heterocycles. The van der Waals surface area contributed by atoms with Crippen LogP contribution in [0.5, 0.6) is 0 Å². The third-order valence-corrected chi connectivity index (χ3v) is 6.93. The van der Waals surface area contributed by atoms with E-state index in [1.54, 1.807) is 0 Å². The first-order valence-corrected chi connectivity index (χ1v) is 11.7. The predicted octanol–water partition coefficient (Wildman–Crippen LogP) is -1.75. The standard InChI is InChI=1S/C18H27N3O9S2/c1-8(2)12(17(28)29-4)21-16(27)10(19-7-23)6-31-32-18-13(20-9(3)24)15(26)14(25)11(5-22)30-18/h10-15,18,22,25-26H,1,5-6H2,2-4H3,(H,20,24)(H,21,27)/t10-,11?,12-,13?,14?,15?,18?/m0/s1. The number of carbonyl (C=O) groups excluding carboxylic acids is 4. The number of rotatable bonds is 11. The van der Waals surface area contributed by atoms with Gasteiger partial charge in [0, 0.05) is 12.7 Å². The van der Waals surface area contributed by atoms with Gasteiger partial charge >= 0.3 is 5.97 Å². The van der Waals surface area contributed by atoms with Crippen LogP contribution < -0.4 is 10.6 Å². The van der Waals surface area contributed by atoms with Gasteiger partial charge in [0.15, 0.2) is 6.04 Å². The van der Waals surface area contributed by atoms with Gasteiger partial charge in [0.25, 0.3) is 0 Å². The van der Waals surface area contributed by atoms with Crippen molar-refractivity contribution in [3.63, 3.8) is 0 Å². The van der Waals surface area contributed by atoms with Crippen LogP contribution in [0.3, 0.4) is 0 Å². The van der Waals surface area contributed by atoms with Crippen LogP contribution in [0.25, 0.3) is 0 Å². The van der Waals surface area contributed by atoms with E-state index in [2.05, 4.69) is 26.9 Å². The van der Waals surface area contributed by atoms with E-state index in [1.807, 2.05) is 0 Å². The quantitative estimate of drug-likeness (QED) is 0.0723. The van der Waals surface area contributed by atoms with Gasteiger partial charge in [-0.15, -0.1) is 0 Å². The Labute approximate surface area is 192 Å². The molecule has 0 saturated carbocycles. The van der Waals surface area contributed by atoms with Crippen LogP contribution in [0, 0.1) is 0 Å². The lowest BCUT2D eigenvalue weighted by Gasteiger charge is -2.42. The first-order chi connectivity index (χ1) is 15.1. The minimum absolute atomic E-state index is 0.0646. The highest BCUT2D eigenvalue weighted by molar-refractivity contribution is 8.76. The third kappa shape index (κ3) is 7.89. The summed E-state index contributed by atoms with van der Waals surface area (Å²) in [5.41, 5.74) is -0.584. The maximum Gasteiger partial charge on any atom is 0.332 e. The number of esters is 1. The molecule has 180 valence electrons. The molecule has 1 aliphatic heterocycles. The Balaban J connectivity index is 2.84. The lowest BCUT2D eigenvalue weighted by molar-refractivity contribution is -0.173. The number of nitrogens with one attached hydrogen (secondary N) is 2. The van der Waals surface area contributed by atoms with E-state index in [0.29, 0.717) is 5.57 Å². The van der Waals surface area contributed by atoms with Crippen molar-refractivity contribution in [2.24, 2.45) is 4.99 Å². The van der Waals surface area contributed by atoms with E-state index in [1.165, 1.54) is 19.9 Å². The smallest absolute Gasteiger partial charge is 0.332 e. The van der Waals surface area contributed by atoms with Crippen molar-refractivity contribution < 1.29 is 44.0 Å². The average Bonchev–Trinajstić information content (AvgIpc) is 2.74. The summed E-state index contributed by atoms with van der Waals surface area (Å²) >= 11 is 0. The first kappa shape index (κ1) is 28.1. The monoisotopic (exact) mass is 493 g/mol. The van der Waals surface area contributed by atoms with Crippen molar-refractivity contribution in [2.45, 2.75) is 55.7 Å². The Morgan fingerprint density at radius 3 is 2.44 bits per heavy atom. The summed E-state index contributed by atoms with van der Waals surface area (Å²) in [6.45, 7) is 5.80. The van der Waals surface area contributed by atoms with Gasteiger partial charge in [-0.05, 0) is 12.5 Å². The molecule has 0 aromatic heterocycles. The summed E-state index contributed by atoms with van der Waals surface area (Å²) in [4.78, 5) is 50.0. The van der Waals surface area contributed by atoms with Gasteiger partial charge in [0.2, 0.25) is 17.9 Å². The molecule has 0 aliphatic carbocycles. The molecule has 5 unspecified atom stereocenters. The second kappa shape index (κ2) is 13.6. The van der Waals surface area contributed by atoms with E-state index in [0.717, 1.165) is 28.7 Å². The van der Waals surface area contributed by atoms with Crippen LogP contribution in [-0.2, 0) is 28.7 Å². The number of methoxy groups -OCH3 is 1. The van der Waals surface area contributed by atoms with E-state index < -0.39 is 66.3 Å². The Morgan fingerprint density at radius 1 is 1.28 bits per heavy atom. The van der Waals surface area contributed by atoms with Crippen molar-refractivity contribution in [1.82, 2.24) is 10.6 Å². The molecule has 5 N–H and O–H groups in total. The lowest BCUT2D eigenvalue weighted by atomic mass is 9.98. The molecule has 0 spiro atoms. The van der Waals surface area contributed by atoms with Crippen LogP contribution in [0.15, 0.2) is 17.1 Å². The molecule has 1 aliphatic rings. The van der Waals surface area contributed by atoms with E-state index >= 15 is 0 Å². The van der Waals surface area contributed by atoms with E-state index in [-0.39, 0.29) is 5.75 Å².